The number of non-ortho nitro benzene ring substituents is 1. The SMILES string of the molecule is CNCc1cc([N+](=O)[O-])ccc1OCC#N. The number of nitrogens with zero attached hydrogens (tertiary/aromatic N) is 2. The summed E-state index contributed by atoms with van der Waals surface area (Å²) >= 11 is 0. The lowest BCUT2D eigenvalue weighted by Gasteiger charge is -2.08. The molecule has 0 atom stereocenters. The molecule has 1 N–H and O–H groups in total. The third-order valence-corrected chi connectivity index (χ3v) is 1.91. The number of nitriles is 1. The molecule has 0 bridgehead atoms. The Morgan fingerprint density at radius 1 is 1.62 bits per heavy atom. The van der Waals surface area contributed by atoms with E-state index in [9.17, 15) is 10.1 Å². The average molecular weight is 221 g/mol. The van der Waals surface area contributed by atoms with Crippen LogP contribution < -0.4 is 10.1 Å². The Morgan fingerprint density at radius 3 is 2.94 bits per heavy atom. The molecular formula is C10H11N3O3. The molecule has 84 valence electrons. The summed E-state index contributed by atoms with van der Waals surface area (Å²) in [6.45, 7) is 0.372. The summed E-state index contributed by atoms with van der Waals surface area (Å²) in [7, 11) is 1.73. The highest BCUT2D eigenvalue weighted by Gasteiger charge is 2.10. The molecule has 0 saturated carbocycles. The van der Waals surface area contributed by atoms with Gasteiger partial charge in [0, 0.05) is 24.2 Å². The summed E-state index contributed by atoms with van der Waals surface area (Å²) in [6.07, 6.45) is 0. The van der Waals surface area contributed by atoms with Crippen LogP contribution in [0.5, 0.6) is 5.75 Å². The molecule has 0 saturated heterocycles. The molecule has 16 heavy (non-hydrogen) atoms. The molecule has 1 aromatic carbocycles. The van der Waals surface area contributed by atoms with Gasteiger partial charge in [0.2, 0.25) is 0 Å². The molecule has 0 spiro atoms. The molecule has 0 aliphatic heterocycles. The lowest BCUT2D eigenvalue weighted by atomic mass is 10.2. The maximum atomic E-state index is 10.6. The van der Waals surface area contributed by atoms with Gasteiger partial charge in [-0.05, 0) is 13.1 Å². The van der Waals surface area contributed by atoms with Gasteiger partial charge < -0.3 is 10.1 Å². The highest BCUT2D eigenvalue weighted by atomic mass is 16.6. The van der Waals surface area contributed by atoms with Gasteiger partial charge in [-0.25, -0.2) is 0 Å². The van der Waals surface area contributed by atoms with Crippen molar-refractivity contribution in [3.8, 4) is 11.8 Å². The van der Waals surface area contributed by atoms with Crippen LogP contribution in [0.4, 0.5) is 5.69 Å². The second-order valence-electron chi connectivity index (χ2n) is 3.03. The fourth-order valence-corrected chi connectivity index (χ4v) is 1.26. The number of rotatable bonds is 5. The molecule has 6 heteroatoms. The first-order valence-electron chi connectivity index (χ1n) is 4.60. The van der Waals surface area contributed by atoms with Crippen molar-refractivity contribution in [2.24, 2.45) is 0 Å². The molecule has 1 aromatic rings. The summed E-state index contributed by atoms with van der Waals surface area (Å²) in [4.78, 5) is 10.1. The van der Waals surface area contributed by atoms with Crippen LogP contribution in [0.2, 0.25) is 0 Å². The molecular weight excluding hydrogens is 210 g/mol. The van der Waals surface area contributed by atoms with Gasteiger partial charge in [-0.15, -0.1) is 0 Å². The second-order valence-corrected chi connectivity index (χ2v) is 3.03. The molecule has 0 aliphatic carbocycles. The number of ether oxygens (including phenoxy) is 1. The van der Waals surface area contributed by atoms with Crippen molar-refractivity contribution in [1.82, 2.24) is 5.32 Å². The monoisotopic (exact) mass is 221 g/mol. The maximum Gasteiger partial charge on any atom is 0.270 e. The van der Waals surface area contributed by atoms with Crippen LogP contribution in [0.25, 0.3) is 0 Å². The Morgan fingerprint density at radius 2 is 2.38 bits per heavy atom. The van der Waals surface area contributed by atoms with Crippen molar-refractivity contribution in [3.63, 3.8) is 0 Å². The predicted molar refractivity (Wildman–Crippen MR) is 57.0 cm³/mol. The Hall–Kier alpha value is -2.13. The molecule has 0 heterocycles. The summed E-state index contributed by atoms with van der Waals surface area (Å²) in [5.41, 5.74) is 0.668. The average Bonchev–Trinajstić information content (AvgIpc) is 2.27. The smallest absolute Gasteiger partial charge is 0.270 e. The van der Waals surface area contributed by atoms with Gasteiger partial charge in [0.05, 0.1) is 4.92 Å². The fraction of sp³-hybridized carbons (Fsp3) is 0.300. The molecule has 0 radical (unpaired) electrons. The minimum absolute atomic E-state index is 0.00885. The van der Waals surface area contributed by atoms with E-state index in [4.69, 9.17) is 10.00 Å². The zero-order valence-corrected chi connectivity index (χ0v) is 8.77. The van der Waals surface area contributed by atoms with Gasteiger partial charge in [0.15, 0.2) is 6.61 Å². The van der Waals surface area contributed by atoms with E-state index in [1.165, 1.54) is 18.2 Å². The lowest BCUT2D eigenvalue weighted by molar-refractivity contribution is -0.384. The molecule has 0 unspecified atom stereocenters. The summed E-state index contributed by atoms with van der Waals surface area (Å²) < 4.78 is 5.15. The van der Waals surface area contributed by atoms with Crippen molar-refractivity contribution in [2.45, 2.75) is 6.54 Å². The van der Waals surface area contributed by atoms with E-state index in [2.05, 4.69) is 5.32 Å². The van der Waals surface area contributed by atoms with Crippen LogP contribution in [-0.4, -0.2) is 18.6 Å². The van der Waals surface area contributed by atoms with Gasteiger partial charge in [-0.1, -0.05) is 0 Å². The maximum absolute atomic E-state index is 10.6. The van der Waals surface area contributed by atoms with Crippen LogP contribution in [0, 0.1) is 21.4 Å². The molecule has 0 aromatic heterocycles. The van der Waals surface area contributed by atoms with Crippen LogP contribution in [0.3, 0.4) is 0 Å². The summed E-state index contributed by atoms with van der Waals surface area (Å²) in [5.74, 6) is 0.488. The summed E-state index contributed by atoms with van der Waals surface area (Å²) in [5, 5.41) is 21.8. The lowest BCUT2D eigenvalue weighted by Crippen LogP contribution is -2.08. The van der Waals surface area contributed by atoms with Gasteiger partial charge in [0.25, 0.3) is 5.69 Å². The van der Waals surface area contributed by atoms with E-state index in [-0.39, 0.29) is 12.3 Å². The Kier molecular flexibility index (Phi) is 4.24. The number of benzene rings is 1. The molecule has 0 aliphatic rings. The topological polar surface area (TPSA) is 88.2 Å². The van der Waals surface area contributed by atoms with Crippen LogP contribution in [0.1, 0.15) is 5.56 Å². The normalized spacial score (nSPS) is 9.50. The van der Waals surface area contributed by atoms with Gasteiger partial charge in [-0.3, -0.25) is 10.1 Å². The van der Waals surface area contributed by atoms with Gasteiger partial charge in [0.1, 0.15) is 11.8 Å². The van der Waals surface area contributed by atoms with Crippen LogP contribution in [-0.2, 0) is 6.54 Å². The van der Waals surface area contributed by atoms with Crippen molar-refractivity contribution in [2.75, 3.05) is 13.7 Å². The van der Waals surface area contributed by atoms with Crippen molar-refractivity contribution < 1.29 is 9.66 Å². The second kappa shape index (κ2) is 5.68. The van der Waals surface area contributed by atoms with E-state index in [1.807, 2.05) is 6.07 Å². The molecule has 6 nitrogen and oxygen atoms in total. The third-order valence-electron chi connectivity index (χ3n) is 1.91. The van der Waals surface area contributed by atoms with Crippen molar-refractivity contribution in [3.05, 3.63) is 33.9 Å². The highest BCUT2D eigenvalue weighted by molar-refractivity contribution is 5.43. The molecule has 0 amide bonds. The van der Waals surface area contributed by atoms with Crippen molar-refractivity contribution >= 4 is 5.69 Å². The van der Waals surface area contributed by atoms with E-state index in [0.717, 1.165) is 0 Å². The standard InChI is InChI=1S/C10H11N3O3/c1-12-7-8-6-9(13(14)15)2-3-10(8)16-5-4-11/h2-3,6,12H,5,7H2,1H3. The third kappa shape index (κ3) is 2.93. The number of hydrogen-bond acceptors (Lipinski definition) is 5. The minimum Gasteiger partial charge on any atom is -0.478 e. The van der Waals surface area contributed by atoms with E-state index < -0.39 is 4.92 Å². The Balaban J connectivity index is 2.99. The van der Waals surface area contributed by atoms with Crippen LogP contribution >= 0.6 is 0 Å². The minimum atomic E-state index is -0.465. The first-order valence-corrected chi connectivity index (χ1v) is 4.60. The molecule has 1 rings (SSSR count). The number of nitro benzene ring substituents is 1. The predicted octanol–water partition coefficient (Wildman–Crippen LogP) is 1.22. The Bertz CT molecular complexity index is 426. The van der Waals surface area contributed by atoms with Crippen LogP contribution in [0.15, 0.2) is 18.2 Å². The first kappa shape index (κ1) is 11.9. The zero-order valence-electron chi connectivity index (χ0n) is 8.77. The molecule has 0 fully saturated rings. The zero-order chi connectivity index (χ0) is 12.0. The quantitative estimate of drug-likeness (QED) is 0.596. The van der Waals surface area contributed by atoms with Crippen molar-refractivity contribution in [1.29, 1.82) is 5.26 Å². The van der Waals surface area contributed by atoms with E-state index in [0.29, 0.717) is 17.9 Å². The fourth-order valence-electron chi connectivity index (χ4n) is 1.26. The first-order chi connectivity index (χ1) is 7.69. The van der Waals surface area contributed by atoms with E-state index in [1.54, 1.807) is 7.05 Å². The number of hydrogen-bond donors (Lipinski definition) is 1. The number of nitro groups is 1. The largest absolute Gasteiger partial charge is 0.478 e. The van der Waals surface area contributed by atoms with Gasteiger partial charge >= 0.3 is 0 Å². The Labute approximate surface area is 92.6 Å². The number of nitrogens with one attached hydrogen (secondary N) is 1. The van der Waals surface area contributed by atoms with Gasteiger partial charge in [-0.2, -0.15) is 5.26 Å². The highest BCUT2D eigenvalue weighted by Crippen LogP contribution is 2.23. The van der Waals surface area contributed by atoms with E-state index >= 15 is 0 Å². The summed E-state index contributed by atoms with van der Waals surface area (Å²) in [6, 6.07) is 6.14.